The van der Waals surface area contributed by atoms with Crippen LogP contribution in [0.4, 0.5) is 11.4 Å². The number of nitrogen functional groups attached to an aromatic ring is 1. The summed E-state index contributed by atoms with van der Waals surface area (Å²) >= 11 is 3.47. The number of nitrogens with one attached hydrogen (secondary N) is 1. The molecule has 0 aliphatic heterocycles. The molecule has 1 aliphatic carbocycles. The van der Waals surface area contributed by atoms with Gasteiger partial charge in [-0.1, -0.05) is 29.3 Å². The van der Waals surface area contributed by atoms with E-state index in [1.165, 1.54) is 25.7 Å². The Morgan fingerprint density at radius 1 is 1.44 bits per heavy atom. The second kappa shape index (κ2) is 4.66. The predicted molar refractivity (Wildman–Crippen MR) is 73.6 cm³/mol. The second-order valence-corrected chi connectivity index (χ2v) is 5.75. The maximum Gasteiger partial charge on any atom is 0.0585 e. The van der Waals surface area contributed by atoms with E-state index in [9.17, 15) is 0 Å². The van der Waals surface area contributed by atoms with Crippen molar-refractivity contribution < 1.29 is 0 Å². The maximum atomic E-state index is 5.93. The highest BCUT2D eigenvalue weighted by Crippen LogP contribution is 2.49. The van der Waals surface area contributed by atoms with Crippen LogP contribution in [0, 0.1) is 5.41 Å². The Morgan fingerprint density at radius 3 is 2.81 bits per heavy atom. The van der Waals surface area contributed by atoms with Crippen LogP contribution in [0.2, 0.25) is 0 Å². The Balaban J connectivity index is 1.97. The number of rotatable bonds is 5. The molecule has 16 heavy (non-hydrogen) atoms. The average Bonchev–Trinajstić information content (AvgIpc) is 3.01. The summed E-state index contributed by atoms with van der Waals surface area (Å²) in [5.74, 6) is 0. The molecule has 1 fully saturated rings. The number of halogens is 1. The van der Waals surface area contributed by atoms with E-state index in [0.29, 0.717) is 5.41 Å². The van der Waals surface area contributed by atoms with Crippen LogP contribution in [-0.4, -0.2) is 6.54 Å². The summed E-state index contributed by atoms with van der Waals surface area (Å²) in [6, 6.07) is 5.96. The Labute approximate surface area is 106 Å². The van der Waals surface area contributed by atoms with E-state index < -0.39 is 0 Å². The molecule has 0 saturated heterocycles. The zero-order valence-electron chi connectivity index (χ0n) is 9.72. The minimum Gasteiger partial charge on any atom is -0.397 e. The summed E-state index contributed by atoms with van der Waals surface area (Å²) in [7, 11) is 0. The van der Waals surface area contributed by atoms with Crippen LogP contribution in [0.3, 0.4) is 0 Å². The smallest absolute Gasteiger partial charge is 0.0585 e. The predicted octanol–water partition coefficient (Wildman–Crippen LogP) is 4.02. The number of anilines is 2. The van der Waals surface area contributed by atoms with Crippen LogP contribution >= 0.6 is 15.9 Å². The first-order chi connectivity index (χ1) is 7.65. The first kappa shape index (κ1) is 11.8. The summed E-state index contributed by atoms with van der Waals surface area (Å²) in [6.45, 7) is 3.31. The highest BCUT2D eigenvalue weighted by Gasteiger charge is 2.41. The summed E-state index contributed by atoms with van der Waals surface area (Å²) < 4.78 is 1.07. The van der Waals surface area contributed by atoms with Gasteiger partial charge in [0.1, 0.15) is 0 Å². The molecule has 0 radical (unpaired) electrons. The van der Waals surface area contributed by atoms with Gasteiger partial charge in [0.15, 0.2) is 0 Å². The van der Waals surface area contributed by atoms with E-state index >= 15 is 0 Å². The van der Waals surface area contributed by atoms with Crippen molar-refractivity contribution in [1.29, 1.82) is 0 Å². The monoisotopic (exact) mass is 282 g/mol. The van der Waals surface area contributed by atoms with Crippen LogP contribution in [-0.2, 0) is 0 Å². The van der Waals surface area contributed by atoms with Crippen molar-refractivity contribution in [2.75, 3.05) is 17.6 Å². The molecule has 0 heterocycles. The fourth-order valence-electron chi connectivity index (χ4n) is 2.19. The molecule has 3 N–H and O–H groups in total. The molecule has 0 unspecified atom stereocenters. The summed E-state index contributed by atoms with van der Waals surface area (Å²) in [4.78, 5) is 0. The molecule has 2 rings (SSSR count). The minimum absolute atomic E-state index is 0.559. The van der Waals surface area contributed by atoms with E-state index in [2.05, 4.69) is 34.2 Å². The molecule has 3 heteroatoms. The van der Waals surface area contributed by atoms with Gasteiger partial charge in [-0.25, -0.2) is 0 Å². The number of hydrogen-bond acceptors (Lipinski definition) is 2. The zero-order valence-corrected chi connectivity index (χ0v) is 11.3. The molecule has 0 atom stereocenters. The highest BCUT2D eigenvalue weighted by atomic mass is 79.9. The SMILES string of the molecule is CCCC1(CNc2cc(Br)ccc2N)CC1. The van der Waals surface area contributed by atoms with E-state index in [0.717, 1.165) is 22.4 Å². The van der Waals surface area contributed by atoms with E-state index in [1.807, 2.05) is 12.1 Å². The normalized spacial score (nSPS) is 17.1. The number of hydrogen-bond donors (Lipinski definition) is 2. The maximum absolute atomic E-state index is 5.93. The van der Waals surface area contributed by atoms with Gasteiger partial charge in [-0.05, 0) is 42.9 Å². The lowest BCUT2D eigenvalue weighted by Crippen LogP contribution is -2.15. The summed E-state index contributed by atoms with van der Waals surface area (Å²) in [5, 5.41) is 3.49. The molecule has 2 nitrogen and oxygen atoms in total. The first-order valence-electron chi connectivity index (χ1n) is 5.94. The quantitative estimate of drug-likeness (QED) is 0.801. The van der Waals surface area contributed by atoms with Gasteiger partial charge in [-0.15, -0.1) is 0 Å². The standard InChI is InChI=1S/C13H19BrN2/c1-2-5-13(6-7-13)9-16-12-8-10(14)3-4-11(12)15/h3-4,8,16H,2,5-7,9,15H2,1H3. The molecule has 1 aromatic carbocycles. The zero-order chi connectivity index (χ0) is 11.6. The van der Waals surface area contributed by atoms with Gasteiger partial charge in [-0.2, -0.15) is 0 Å². The fourth-order valence-corrected chi connectivity index (χ4v) is 2.55. The van der Waals surface area contributed by atoms with Gasteiger partial charge < -0.3 is 11.1 Å². The van der Waals surface area contributed by atoms with Crippen LogP contribution < -0.4 is 11.1 Å². The lowest BCUT2D eigenvalue weighted by atomic mass is 10.0. The van der Waals surface area contributed by atoms with Crippen LogP contribution in [0.1, 0.15) is 32.6 Å². The van der Waals surface area contributed by atoms with E-state index in [-0.39, 0.29) is 0 Å². The van der Waals surface area contributed by atoms with Gasteiger partial charge in [0.2, 0.25) is 0 Å². The van der Waals surface area contributed by atoms with E-state index in [1.54, 1.807) is 0 Å². The molecule has 1 aromatic rings. The summed E-state index contributed by atoms with van der Waals surface area (Å²) in [6.07, 6.45) is 5.33. The fraction of sp³-hybridized carbons (Fsp3) is 0.538. The third kappa shape index (κ3) is 2.70. The van der Waals surface area contributed by atoms with Gasteiger partial charge >= 0.3 is 0 Å². The molecule has 0 amide bonds. The molecule has 1 saturated carbocycles. The number of benzene rings is 1. The largest absolute Gasteiger partial charge is 0.397 e. The van der Waals surface area contributed by atoms with Crippen molar-refractivity contribution in [3.8, 4) is 0 Å². The Bertz CT molecular complexity index is 372. The number of nitrogens with two attached hydrogens (primary N) is 1. The van der Waals surface area contributed by atoms with Crippen molar-refractivity contribution in [3.63, 3.8) is 0 Å². The third-order valence-electron chi connectivity index (χ3n) is 3.41. The van der Waals surface area contributed by atoms with Crippen LogP contribution in [0.25, 0.3) is 0 Å². The third-order valence-corrected chi connectivity index (χ3v) is 3.90. The minimum atomic E-state index is 0.559. The van der Waals surface area contributed by atoms with Gasteiger partial charge in [-0.3, -0.25) is 0 Å². The van der Waals surface area contributed by atoms with Crippen molar-refractivity contribution in [2.24, 2.45) is 5.41 Å². The molecular formula is C13H19BrN2. The second-order valence-electron chi connectivity index (χ2n) is 4.84. The Morgan fingerprint density at radius 2 is 2.19 bits per heavy atom. The lowest BCUT2D eigenvalue weighted by molar-refractivity contribution is 0.486. The summed E-state index contributed by atoms with van der Waals surface area (Å²) in [5.41, 5.74) is 8.37. The van der Waals surface area contributed by atoms with Gasteiger partial charge in [0.05, 0.1) is 11.4 Å². The highest BCUT2D eigenvalue weighted by molar-refractivity contribution is 9.10. The molecule has 0 bridgehead atoms. The van der Waals surface area contributed by atoms with Crippen LogP contribution in [0.15, 0.2) is 22.7 Å². The average molecular weight is 283 g/mol. The molecule has 88 valence electrons. The van der Waals surface area contributed by atoms with Crippen molar-refractivity contribution in [2.45, 2.75) is 32.6 Å². The van der Waals surface area contributed by atoms with Crippen molar-refractivity contribution in [3.05, 3.63) is 22.7 Å². The first-order valence-corrected chi connectivity index (χ1v) is 6.73. The van der Waals surface area contributed by atoms with Crippen molar-refractivity contribution >= 4 is 27.3 Å². The molecule has 0 aromatic heterocycles. The molecule has 0 spiro atoms. The molecular weight excluding hydrogens is 264 g/mol. The van der Waals surface area contributed by atoms with E-state index in [4.69, 9.17) is 5.73 Å². The Kier molecular flexibility index (Phi) is 3.43. The van der Waals surface area contributed by atoms with Gasteiger partial charge in [0.25, 0.3) is 0 Å². The van der Waals surface area contributed by atoms with Crippen LogP contribution in [0.5, 0.6) is 0 Å². The van der Waals surface area contributed by atoms with Crippen molar-refractivity contribution in [1.82, 2.24) is 0 Å². The molecule has 1 aliphatic rings. The lowest BCUT2D eigenvalue weighted by Gasteiger charge is -2.17. The topological polar surface area (TPSA) is 38.0 Å². The van der Waals surface area contributed by atoms with Gasteiger partial charge in [0, 0.05) is 11.0 Å². The Hall–Kier alpha value is -0.700.